The molecular formula is C8H4Cl2N4. The number of rotatable bonds is 1. The molecule has 70 valence electrons. The third kappa shape index (κ3) is 3.15. The van der Waals surface area contributed by atoms with Crippen LogP contribution in [0.2, 0.25) is 10.2 Å². The van der Waals surface area contributed by atoms with E-state index in [9.17, 15) is 0 Å². The summed E-state index contributed by atoms with van der Waals surface area (Å²) in [5.41, 5.74) is 8.62. The van der Waals surface area contributed by atoms with Crippen LogP contribution >= 0.6 is 23.2 Å². The van der Waals surface area contributed by atoms with Crippen LogP contribution < -0.4 is 0 Å². The van der Waals surface area contributed by atoms with Crippen LogP contribution in [0.25, 0.3) is 10.4 Å². The first-order valence-electron chi connectivity index (χ1n) is 3.55. The number of halogens is 2. The number of hydrogen-bond donors (Lipinski definition) is 0. The molecule has 0 unspecified atom stereocenters. The Kier molecular flexibility index (Phi) is 4.09. The highest BCUT2D eigenvalue weighted by atomic mass is 35.5. The van der Waals surface area contributed by atoms with Crippen LogP contribution in [0.15, 0.2) is 17.4 Å². The molecule has 0 aliphatic carbocycles. The Morgan fingerprint density at radius 3 is 3.00 bits per heavy atom. The maximum atomic E-state index is 7.98. The Morgan fingerprint density at radius 2 is 2.36 bits per heavy atom. The minimum atomic E-state index is 0.122. The molecule has 14 heavy (non-hydrogen) atoms. The molecule has 1 aromatic rings. The average molecular weight is 227 g/mol. The number of pyridine rings is 1. The van der Waals surface area contributed by atoms with Crippen LogP contribution in [0.5, 0.6) is 0 Å². The highest BCUT2D eigenvalue weighted by molar-refractivity contribution is 6.41. The standard InChI is InChI=1S/C8H4Cl2N4/c9-7-4-6(5-12-8(7)10)2-1-3-13-14-11/h4-5H,3H2. The summed E-state index contributed by atoms with van der Waals surface area (Å²) in [5, 5.41) is 3.85. The van der Waals surface area contributed by atoms with E-state index < -0.39 is 0 Å². The molecule has 0 spiro atoms. The van der Waals surface area contributed by atoms with Crippen molar-refractivity contribution in [2.75, 3.05) is 6.54 Å². The van der Waals surface area contributed by atoms with Gasteiger partial charge in [-0.15, -0.1) is 0 Å². The van der Waals surface area contributed by atoms with Crippen LogP contribution in [0.3, 0.4) is 0 Å². The Balaban J connectivity index is 2.80. The molecule has 0 radical (unpaired) electrons. The van der Waals surface area contributed by atoms with Crippen molar-refractivity contribution in [2.45, 2.75) is 0 Å². The third-order valence-corrected chi connectivity index (χ3v) is 1.93. The first kappa shape index (κ1) is 10.7. The van der Waals surface area contributed by atoms with E-state index in [1.54, 1.807) is 6.07 Å². The van der Waals surface area contributed by atoms with E-state index in [0.717, 1.165) is 0 Å². The number of hydrogen-bond acceptors (Lipinski definition) is 2. The van der Waals surface area contributed by atoms with Crippen LogP contribution in [0.1, 0.15) is 5.56 Å². The molecule has 0 saturated heterocycles. The van der Waals surface area contributed by atoms with Crippen molar-refractivity contribution in [3.63, 3.8) is 0 Å². The van der Waals surface area contributed by atoms with E-state index in [4.69, 9.17) is 28.7 Å². The number of nitrogens with zero attached hydrogens (tertiary/aromatic N) is 4. The summed E-state index contributed by atoms with van der Waals surface area (Å²) in [6.45, 7) is 0.122. The smallest absolute Gasteiger partial charge is 0.147 e. The van der Waals surface area contributed by atoms with Crippen molar-refractivity contribution in [1.82, 2.24) is 4.98 Å². The Hall–Kier alpha value is -1.40. The SMILES string of the molecule is [N-]=[N+]=NCC#Cc1cnc(Cl)c(Cl)c1. The maximum Gasteiger partial charge on any atom is 0.147 e. The quantitative estimate of drug-likeness (QED) is 0.239. The average Bonchev–Trinajstić information content (AvgIpc) is 2.18. The zero-order chi connectivity index (χ0) is 10.4. The Labute approximate surface area is 90.5 Å². The molecule has 0 aliphatic rings. The fraction of sp³-hybridized carbons (Fsp3) is 0.125. The minimum Gasteiger partial charge on any atom is -0.242 e. The third-order valence-electron chi connectivity index (χ3n) is 1.24. The topological polar surface area (TPSA) is 61.7 Å². The van der Waals surface area contributed by atoms with Crippen LogP contribution in [-0.4, -0.2) is 11.5 Å². The first-order valence-corrected chi connectivity index (χ1v) is 4.30. The number of aromatic nitrogens is 1. The highest BCUT2D eigenvalue weighted by Crippen LogP contribution is 2.18. The molecule has 0 aliphatic heterocycles. The van der Waals surface area contributed by atoms with Gasteiger partial charge in [0, 0.05) is 16.7 Å². The van der Waals surface area contributed by atoms with E-state index in [-0.39, 0.29) is 11.7 Å². The molecule has 1 aromatic heterocycles. The van der Waals surface area contributed by atoms with Gasteiger partial charge in [-0.2, -0.15) is 0 Å². The first-order chi connectivity index (χ1) is 6.74. The van der Waals surface area contributed by atoms with E-state index >= 15 is 0 Å². The van der Waals surface area contributed by atoms with Crippen molar-refractivity contribution >= 4 is 23.2 Å². The van der Waals surface area contributed by atoms with Gasteiger partial charge in [-0.05, 0) is 11.6 Å². The summed E-state index contributed by atoms with van der Waals surface area (Å²) in [6, 6.07) is 1.60. The summed E-state index contributed by atoms with van der Waals surface area (Å²) in [5.74, 6) is 5.36. The Morgan fingerprint density at radius 1 is 1.57 bits per heavy atom. The summed E-state index contributed by atoms with van der Waals surface area (Å²) >= 11 is 11.3. The lowest BCUT2D eigenvalue weighted by Gasteiger charge is -1.93. The second-order valence-electron chi connectivity index (χ2n) is 2.19. The predicted molar refractivity (Wildman–Crippen MR) is 55.1 cm³/mol. The zero-order valence-corrected chi connectivity index (χ0v) is 8.42. The fourth-order valence-electron chi connectivity index (χ4n) is 0.698. The molecule has 0 saturated carbocycles. The molecular weight excluding hydrogens is 223 g/mol. The molecule has 0 aromatic carbocycles. The van der Waals surface area contributed by atoms with Crippen LogP contribution in [-0.2, 0) is 0 Å². The molecule has 0 fully saturated rings. The van der Waals surface area contributed by atoms with Gasteiger partial charge in [-0.3, -0.25) is 0 Å². The molecule has 0 atom stereocenters. The van der Waals surface area contributed by atoms with Gasteiger partial charge in [0.05, 0.1) is 11.6 Å². The molecule has 4 nitrogen and oxygen atoms in total. The zero-order valence-electron chi connectivity index (χ0n) is 6.91. The van der Waals surface area contributed by atoms with Crippen molar-refractivity contribution in [3.05, 3.63) is 38.4 Å². The highest BCUT2D eigenvalue weighted by Gasteiger charge is 1.97. The lowest BCUT2D eigenvalue weighted by Crippen LogP contribution is -1.81. The van der Waals surface area contributed by atoms with E-state index in [1.165, 1.54) is 6.20 Å². The van der Waals surface area contributed by atoms with E-state index in [1.807, 2.05) is 0 Å². The molecule has 1 rings (SSSR count). The second-order valence-corrected chi connectivity index (χ2v) is 2.95. The molecule has 6 heteroatoms. The summed E-state index contributed by atoms with van der Waals surface area (Å²) in [7, 11) is 0. The lowest BCUT2D eigenvalue weighted by molar-refractivity contribution is 1.25. The van der Waals surface area contributed by atoms with E-state index in [0.29, 0.717) is 10.6 Å². The Bertz CT molecular complexity index is 440. The molecule has 0 N–H and O–H groups in total. The number of azide groups is 1. The van der Waals surface area contributed by atoms with Gasteiger partial charge in [-0.1, -0.05) is 40.2 Å². The minimum absolute atomic E-state index is 0.122. The second kappa shape index (κ2) is 5.36. The van der Waals surface area contributed by atoms with Crippen LogP contribution in [0, 0.1) is 11.8 Å². The van der Waals surface area contributed by atoms with Gasteiger partial charge in [0.2, 0.25) is 0 Å². The van der Waals surface area contributed by atoms with Crippen molar-refractivity contribution < 1.29 is 0 Å². The van der Waals surface area contributed by atoms with Gasteiger partial charge >= 0.3 is 0 Å². The molecule has 0 amide bonds. The van der Waals surface area contributed by atoms with Crippen molar-refractivity contribution in [2.24, 2.45) is 5.11 Å². The summed E-state index contributed by atoms with van der Waals surface area (Å²) in [4.78, 5) is 6.36. The van der Waals surface area contributed by atoms with Gasteiger partial charge in [-0.25, -0.2) is 4.98 Å². The maximum absolute atomic E-state index is 7.98. The monoisotopic (exact) mass is 226 g/mol. The van der Waals surface area contributed by atoms with E-state index in [2.05, 4.69) is 26.9 Å². The summed E-state index contributed by atoms with van der Waals surface area (Å²) < 4.78 is 0. The normalized spacial score (nSPS) is 8.43. The summed E-state index contributed by atoms with van der Waals surface area (Å²) in [6.07, 6.45) is 1.50. The van der Waals surface area contributed by atoms with Gasteiger partial charge in [0.25, 0.3) is 0 Å². The van der Waals surface area contributed by atoms with Gasteiger partial charge in [0.15, 0.2) is 0 Å². The van der Waals surface area contributed by atoms with Gasteiger partial charge < -0.3 is 0 Å². The van der Waals surface area contributed by atoms with Gasteiger partial charge in [0.1, 0.15) is 5.15 Å². The fourth-order valence-corrected chi connectivity index (χ4v) is 0.968. The van der Waals surface area contributed by atoms with Crippen LogP contribution in [0.4, 0.5) is 0 Å². The largest absolute Gasteiger partial charge is 0.242 e. The van der Waals surface area contributed by atoms with Crippen molar-refractivity contribution in [1.29, 1.82) is 0 Å². The predicted octanol–water partition coefficient (Wildman–Crippen LogP) is 3.05. The van der Waals surface area contributed by atoms with Crippen molar-refractivity contribution in [3.8, 4) is 11.8 Å². The molecule has 1 heterocycles. The lowest BCUT2D eigenvalue weighted by atomic mass is 10.3. The molecule has 0 bridgehead atoms.